The maximum atomic E-state index is 6.72. The van der Waals surface area contributed by atoms with E-state index in [0.29, 0.717) is 5.00 Å². The van der Waals surface area contributed by atoms with Gasteiger partial charge in [-0.1, -0.05) is 0 Å². The predicted octanol–water partition coefficient (Wildman–Crippen LogP) is 2.18. The quantitative estimate of drug-likeness (QED) is 0.572. The van der Waals surface area contributed by atoms with Crippen molar-refractivity contribution in [3.8, 4) is 0 Å². The molecule has 0 aliphatic rings. The van der Waals surface area contributed by atoms with Crippen LogP contribution >= 0.6 is 11.3 Å². The number of fused-ring (bicyclic) bond motifs is 1. The molecule has 0 fully saturated rings. The summed E-state index contributed by atoms with van der Waals surface area (Å²) in [5, 5.41) is 8.35. The van der Waals surface area contributed by atoms with Gasteiger partial charge in [-0.3, -0.25) is 5.10 Å². The van der Waals surface area contributed by atoms with Crippen molar-refractivity contribution in [2.75, 3.05) is 0 Å². The summed E-state index contributed by atoms with van der Waals surface area (Å²) < 4.78 is 0. The van der Waals surface area contributed by atoms with Crippen LogP contribution in [0.25, 0.3) is 15.1 Å². The van der Waals surface area contributed by atoms with Crippen molar-refractivity contribution in [3.63, 3.8) is 0 Å². The van der Waals surface area contributed by atoms with Crippen LogP contribution < -0.4 is 0 Å². The van der Waals surface area contributed by atoms with Crippen LogP contribution in [0.2, 0.25) is 0 Å². The maximum absolute atomic E-state index is 6.72. The average Bonchev–Trinajstić information content (AvgIpc) is 2.42. The van der Waals surface area contributed by atoms with Gasteiger partial charge in [0.25, 0.3) is 0 Å². The molecule has 0 bridgehead atoms. The molecule has 0 atom stereocenters. The number of nitrogens with one attached hydrogen (secondary N) is 1. The Morgan fingerprint density at radius 3 is 3.30 bits per heavy atom. The molecule has 0 radical (unpaired) electrons. The van der Waals surface area contributed by atoms with Gasteiger partial charge in [-0.25, -0.2) is 4.85 Å². The molecule has 0 aliphatic carbocycles. The third kappa shape index (κ3) is 0.613. The van der Waals surface area contributed by atoms with Gasteiger partial charge in [0.05, 0.1) is 12.8 Å². The minimum absolute atomic E-state index is 0.712. The number of rotatable bonds is 0. The van der Waals surface area contributed by atoms with Crippen LogP contribution in [0.3, 0.4) is 0 Å². The van der Waals surface area contributed by atoms with Crippen molar-refractivity contribution in [2.24, 2.45) is 0 Å². The van der Waals surface area contributed by atoms with Crippen LogP contribution in [0.5, 0.6) is 0 Å². The van der Waals surface area contributed by atoms with Crippen molar-refractivity contribution in [3.05, 3.63) is 23.7 Å². The van der Waals surface area contributed by atoms with Gasteiger partial charge >= 0.3 is 0 Å². The number of aromatic nitrogens is 2. The fourth-order valence-corrected chi connectivity index (χ4v) is 1.56. The van der Waals surface area contributed by atoms with E-state index >= 15 is 0 Å². The van der Waals surface area contributed by atoms with Gasteiger partial charge in [0.2, 0.25) is 5.00 Å². The first-order valence-electron chi connectivity index (χ1n) is 2.70. The lowest BCUT2D eigenvalue weighted by Crippen LogP contribution is -1.57. The molecule has 10 heavy (non-hydrogen) atoms. The Morgan fingerprint density at radius 2 is 2.60 bits per heavy atom. The van der Waals surface area contributed by atoms with Gasteiger partial charge in [-0.2, -0.15) is 5.10 Å². The van der Waals surface area contributed by atoms with E-state index in [0.717, 1.165) is 10.2 Å². The number of aromatic amines is 1. The van der Waals surface area contributed by atoms with Crippen LogP contribution in [0.1, 0.15) is 0 Å². The highest BCUT2D eigenvalue weighted by Gasteiger charge is 2.00. The van der Waals surface area contributed by atoms with Crippen molar-refractivity contribution < 1.29 is 0 Å². The van der Waals surface area contributed by atoms with Crippen LogP contribution in [0.4, 0.5) is 5.00 Å². The Bertz CT molecular complexity index is 364. The SMILES string of the molecule is [C-]#[N+]c1cc2cn[nH]c2s1. The molecule has 0 saturated heterocycles. The van der Waals surface area contributed by atoms with Crippen molar-refractivity contribution in [1.82, 2.24) is 10.2 Å². The van der Waals surface area contributed by atoms with Gasteiger partial charge in [-0.15, -0.1) is 11.3 Å². The topological polar surface area (TPSA) is 33.0 Å². The summed E-state index contributed by atoms with van der Waals surface area (Å²) in [6, 6.07) is 1.83. The first-order chi connectivity index (χ1) is 4.90. The number of nitrogens with zero attached hydrogens (tertiary/aromatic N) is 2. The highest BCUT2D eigenvalue weighted by atomic mass is 32.1. The standard InChI is InChI=1S/C6H3N3S/c1-7-5-2-4-3-8-9-6(4)10-5/h2-3H,(H,8,9). The first-order valence-corrected chi connectivity index (χ1v) is 3.52. The summed E-state index contributed by atoms with van der Waals surface area (Å²) in [5.41, 5.74) is 0. The molecule has 0 aliphatic heterocycles. The molecule has 0 aromatic carbocycles. The second-order valence-electron chi connectivity index (χ2n) is 1.85. The average molecular weight is 149 g/mol. The monoisotopic (exact) mass is 149 g/mol. The van der Waals surface area contributed by atoms with Crippen LogP contribution in [0.15, 0.2) is 12.3 Å². The second-order valence-corrected chi connectivity index (χ2v) is 2.88. The van der Waals surface area contributed by atoms with E-state index in [2.05, 4.69) is 15.0 Å². The molecule has 0 amide bonds. The summed E-state index contributed by atoms with van der Waals surface area (Å²) in [6.07, 6.45) is 1.72. The summed E-state index contributed by atoms with van der Waals surface area (Å²) in [7, 11) is 0. The van der Waals surface area contributed by atoms with Gasteiger partial charge in [0.1, 0.15) is 4.83 Å². The third-order valence-corrected chi connectivity index (χ3v) is 2.18. The lowest BCUT2D eigenvalue weighted by atomic mass is 10.4. The van der Waals surface area contributed by atoms with Crippen LogP contribution in [-0.4, -0.2) is 10.2 Å². The van der Waals surface area contributed by atoms with Gasteiger partial charge < -0.3 is 0 Å². The van der Waals surface area contributed by atoms with Crippen LogP contribution in [-0.2, 0) is 0 Å². The Morgan fingerprint density at radius 1 is 1.70 bits per heavy atom. The summed E-state index contributed by atoms with van der Waals surface area (Å²) in [4.78, 5) is 4.28. The molecular weight excluding hydrogens is 146 g/mol. The van der Waals surface area contributed by atoms with E-state index in [1.807, 2.05) is 6.07 Å². The Hall–Kier alpha value is -1.34. The Balaban J connectivity index is 2.81. The van der Waals surface area contributed by atoms with E-state index in [1.54, 1.807) is 6.20 Å². The van der Waals surface area contributed by atoms with E-state index in [1.165, 1.54) is 11.3 Å². The fourth-order valence-electron chi connectivity index (χ4n) is 0.790. The maximum Gasteiger partial charge on any atom is 0.243 e. The molecule has 2 aromatic rings. The zero-order valence-corrected chi connectivity index (χ0v) is 5.77. The number of thiophene rings is 1. The first kappa shape index (κ1) is 5.45. The van der Waals surface area contributed by atoms with Crippen molar-refractivity contribution >= 4 is 26.6 Å². The number of hydrogen-bond donors (Lipinski definition) is 1. The fraction of sp³-hybridized carbons (Fsp3) is 0. The highest BCUT2D eigenvalue weighted by Crippen LogP contribution is 2.29. The molecule has 0 unspecified atom stereocenters. The molecule has 4 heteroatoms. The summed E-state index contributed by atoms with van der Waals surface area (Å²) in [6.45, 7) is 6.72. The lowest BCUT2D eigenvalue weighted by Gasteiger charge is -1.69. The molecular formula is C6H3N3S. The highest BCUT2D eigenvalue weighted by molar-refractivity contribution is 7.22. The van der Waals surface area contributed by atoms with Gasteiger partial charge in [0, 0.05) is 5.39 Å². The molecule has 2 aromatic heterocycles. The second kappa shape index (κ2) is 1.82. The molecule has 2 rings (SSSR count). The lowest BCUT2D eigenvalue weighted by molar-refractivity contribution is 1.13. The Kier molecular flexibility index (Phi) is 0.992. The normalized spacial score (nSPS) is 9.90. The molecule has 0 saturated carbocycles. The van der Waals surface area contributed by atoms with E-state index < -0.39 is 0 Å². The number of hydrogen-bond acceptors (Lipinski definition) is 2. The molecule has 2 heterocycles. The minimum Gasteiger partial charge on any atom is -0.269 e. The zero-order chi connectivity index (χ0) is 6.97. The molecule has 0 spiro atoms. The molecule has 48 valence electrons. The van der Waals surface area contributed by atoms with E-state index in [-0.39, 0.29) is 0 Å². The number of H-pyrrole nitrogens is 1. The molecule has 3 nitrogen and oxygen atoms in total. The van der Waals surface area contributed by atoms with Crippen molar-refractivity contribution in [2.45, 2.75) is 0 Å². The zero-order valence-electron chi connectivity index (χ0n) is 4.96. The van der Waals surface area contributed by atoms with E-state index in [9.17, 15) is 0 Å². The van der Waals surface area contributed by atoms with Crippen molar-refractivity contribution in [1.29, 1.82) is 0 Å². The summed E-state index contributed by atoms with van der Waals surface area (Å²) >= 11 is 1.43. The smallest absolute Gasteiger partial charge is 0.243 e. The Labute approximate surface area is 61.1 Å². The van der Waals surface area contributed by atoms with Gasteiger partial charge in [0.15, 0.2) is 0 Å². The minimum atomic E-state index is 0.712. The molecule has 1 N–H and O–H groups in total. The van der Waals surface area contributed by atoms with E-state index in [4.69, 9.17) is 6.57 Å². The largest absolute Gasteiger partial charge is 0.269 e. The predicted molar refractivity (Wildman–Crippen MR) is 40.2 cm³/mol. The third-order valence-electron chi connectivity index (χ3n) is 1.23. The van der Waals surface area contributed by atoms with Crippen LogP contribution in [0, 0.1) is 6.57 Å². The summed E-state index contributed by atoms with van der Waals surface area (Å²) in [5.74, 6) is 0. The van der Waals surface area contributed by atoms with Gasteiger partial charge in [-0.05, 0) is 6.07 Å².